The van der Waals surface area contributed by atoms with E-state index in [0.29, 0.717) is 35.8 Å². The molecule has 3 aromatic rings. The lowest BCUT2D eigenvalue weighted by Gasteiger charge is -2.11. The van der Waals surface area contributed by atoms with Gasteiger partial charge in [0.15, 0.2) is 11.5 Å². The molecule has 26 heavy (non-hydrogen) atoms. The molecule has 0 radical (unpaired) electrons. The molecule has 2 heterocycles. The van der Waals surface area contributed by atoms with Crippen LogP contribution in [0.5, 0.6) is 11.5 Å². The fourth-order valence-corrected chi connectivity index (χ4v) is 2.32. The summed E-state index contributed by atoms with van der Waals surface area (Å²) >= 11 is 0. The molecule has 1 N–H and O–H groups in total. The van der Waals surface area contributed by atoms with Crippen LogP contribution in [0.15, 0.2) is 41.2 Å². The van der Waals surface area contributed by atoms with Crippen LogP contribution in [0.1, 0.15) is 24.2 Å². The van der Waals surface area contributed by atoms with E-state index in [9.17, 15) is 4.79 Å². The predicted molar refractivity (Wildman–Crippen MR) is 92.3 cm³/mol. The van der Waals surface area contributed by atoms with Crippen molar-refractivity contribution in [3.05, 3.63) is 42.2 Å². The number of hydrogen-bond donors (Lipinski definition) is 1. The second-order valence-corrected chi connectivity index (χ2v) is 5.22. The molecule has 0 fully saturated rings. The molecule has 0 amide bonds. The maximum atomic E-state index is 11.1. The number of aromatic carboxylic acids is 1. The average Bonchev–Trinajstić information content (AvgIpc) is 3.14. The van der Waals surface area contributed by atoms with E-state index in [2.05, 4.69) is 15.1 Å². The van der Waals surface area contributed by atoms with Crippen LogP contribution in [-0.4, -0.2) is 39.4 Å². The molecule has 2 aromatic heterocycles. The highest BCUT2D eigenvalue weighted by Gasteiger charge is 2.15. The molecule has 0 bridgehead atoms. The van der Waals surface area contributed by atoms with Crippen LogP contribution in [0.3, 0.4) is 0 Å². The zero-order valence-electron chi connectivity index (χ0n) is 14.3. The van der Waals surface area contributed by atoms with Crippen LogP contribution in [0.4, 0.5) is 0 Å². The monoisotopic (exact) mass is 355 g/mol. The standard InChI is InChI=1S/C18H17N3O5/c1-3-24-14-6-5-11(8-15(14)25-4-2)17-20-16(21-26-17)12-7-13(18(22)23)10-19-9-12/h5-10H,3-4H2,1-2H3,(H,22,23). The third-order valence-electron chi connectivity index (χ3n) is 3.46. The van der Waals surface area contributed by atoms with Crippen molar-refractivity contribution in [2.75, 3.05) is 13.2 Å². The van der Waals surface area contributed by atoms with Gasteiger partial charge in [0.1, 0.15) is 0 Å². The third kappa shape index (κ3) is 3.64. The van der Waals surface area contributed by atoms with Gasteiger partial charge < -0.3 is 19.1 Å². The highest BCUT2D eigenvalue weighted by atomic mass is 16.5. The largest absolute Gasteiger partial charge is 0.490 e. The van der Waals surface area contributed by atoms with Gasteiger partial charge in [0, 0.05) is 23.5 Å². The van der Waals surface area contributed by atoms with Crippen LogP contribution in [-0.2, 0) is 0 Å². The van der Waals surface area contributed by atoms with E-state index in [-0.39, 0.29) is 17.3 Å². The van der Waals surface area contributed by atoms with E-state index >= 15 is 0 Å². The summed E-state index contributed by atoms with van der Waals surface area (Å²) in [6.07, 6.45) is 2.73. The molecular formula is C18H17N3O5. The maximum Gasteiger partial charge on any atom is 0.337 e. The normalized spacial score (nSPS) is 10.5. The summed E-state index contributed by atoms with van der Waals surface area (Å²) in [4.78, 5) is 19.3. The average molecular weight is 355 g/mol. The SMILES string of the molecule is CCOc1ccc(-c2nc(-c3cncc(C(=O)O)c3)no2)cc1OCC. The molecule has 1 aromatic carbocycles. The Balaban J connectivity index is 1.93. The van der Waals surface area contributed by atoms with Crippen LogP contribution >= 0.6 is 0 Å². The van der Waals surface area contributed by atoms with Crippen molar-refractivity contribution < 1.29 is 23.9 Å². The van der Waals surface area contributed by atoms with Gasteiger partial charge in [-0.25, -0.2) is 4.79 Å². The molecular weight excluding hydrogens is 338 g/mol. The lowest BCUT2D eigenvalue weighted by atomic mass is 10.2. The van der Waals surface area contributed by atoms with Crippen molar-refractivity contribution in [2.24, 2.45) is 0 Å². The number of carbonyl (C=O) groups is 1. The summed E-state index contributed by atoms with van der Waals surface area (Å²) in [6.45, 7) is 4.80. The highest BCUT2D eigenvalue weighted by molar-refractivity contribution is 5.88. The van der Waals surface area contributed by atoms with Crippen molar-refractivity contribution in [1.29, 1.82) is 0 Å². The lowest BCUT2D eigenvalue weighted by molar-refractivity contribution is 0.0696. The van der Waals surface area contributed by atoms with Gasteiger partial charge in [-0.2, -0.15) is 4.98 Å². The number of pyridine rings is 1. The zero-order chi connectivity index (χ0) is 18.5. The summed E-state index contributed by atoms with van der Waals surface area (Å²) in [5.41, 5.74) is 1.17. The van der Waals surface area contributed by atoms with Gasteiger partial charge in [-0.1, -0.05) is 5.16 Å². The van der Waals surface area contributed by atoms with Crippen LogP contribution in [0.2, 0.25) is 0 Å². The molecule has 0 saturated heterocycles. The smallest absolute Gasteiger partial charge is 0.337 e. The minimum Gasteiger partial charge on any atom is -0.490 e. The molecule has 0 aliphatic heterocycles. The van der Waals surface area contributed by atoms with Crippen LogP contribution in [0.25, 0.3) is 22.8 Å². The molecule has 0 aliphatic rings. The zero-order valence-corrected chi connectivity index (χ0v) is 14.3. The topological polar surface area (TPSA) is 108 Å². The Hall–Kier alpha value is -3.42. The van der Waals surface area contributed by atoms with Gasteiger partial charge in [-0.15, -0.1) is 0 Å². The van der Waals surface area contributed by atoms with Gasteiger partial charge in [0.25, 0.3) is 5.89 Å². The number of ether oxygens (including phenoxy) is 2. The minimum atomic E-state index is -1.07. The van der Waals surface area contributed by atoms with Gasteiger partial charge in [0.05, 0.1) is 18.8 Å². The quantitative estimate of drug-likeness (QED) is 0.688. The van der Waals surface area contributed by atoms with Crippen LogP contribution in [0, 0.1) is 0 Å². The van der Waals surface area contributed by atoms with Crippen molar-refractivity contribution in [3.63, 3.8) is 0 Å². The van der Waals surface area contributed by atoms with Crippen molar-refractivity contribution in [3.8, 4) is 34.3 Å². The lowest BCUT2D eigenvalue weighted by Crippen LogP contribution is -1.98. The Morgan fingerprint density at radius 2 is 1.85 bits per heavy atom. The number of hydrogen-bond acceptors (Lipinski definition) is 7. The Bertz CT molecular complexity index is 923. The first-order valence-corrected chi connectivity index (χ1v) is 8.04. The van der Waals surface area contributed by atoms with E-state index in [4.69, 9.17) is 19.1 Å². The molecule has 0 saturated carbocycles. The number of benzene rings is 1. The first-order valence-electron chi connectivity index (χ1n) is 8.04. The summed E-state index contributed by atoms with van der Waals surface area (Å²) < 4.78 is 16.4. The second-order valence-electron chi connectivity index (χ2n) is 5.22. The van der Waals surface area contributed by atoms with E-state index in [1.54, 1.807) is 18.2 Å². The van der Waals surface area contributed by atoms with Crippen molar-refractivity contribution in [2.45, 2.75) is 13.8 Å². The molecule has 0 atom stereocenters. The minimum absolute atomic E-state index is 0.0496. The van der Waals surface area contributed by atoms with E-state index in [1.807, 2.05) is 13.8 Å². The van der Waals surface area contributed by atoms with E-state index in [0.717, 1.165) is 0 Å². The van der Waals surface area contributed by atoms with Crippen molar-refractivity contribution >= 4 is 5.97 Å². The fourth-order valence-electron chi connectivity index (χ4n) is 2.32. The van der Waals surface area contributed by atoms with E-state index in [1.165, 1.54) is 18.5 Å². The number of carboxylic acids is 1. The number of carboxylic acid groups (broad SMARTS) is 1. The van der Waals surface area contributed by atoms with Gasteiger partial charge in [-0.05, 0) is 38.1 Å². The molecule has 3 rings (SSSR count). The highest BCUT2D eigenvalue weighted by Crippen LogP contribution is 2.33. The number of rotatable bonds is 7. The maximum absolute atomic E-state index is 11.1. The fraction of sp³-hybridized carbons (Fsp3) is 0.222. The molecule has 134 valence electrons. The Morgan fingerprint density at radius 1 is 1.08 bits per heavy atom. The molecule has 8 heteroatoms. The first-order chi connectivity index (χ1) is 12.6. The molecule has 8 nitrogen and oxygen atoms in total. The summed E-state index contributed by atoms with van der Waals surface area (Å²) in [6, 6.07) is 6.77. The summed E-state index contributed by atoms with van der Waals surface area (Å²) in [5, 5.41) is 13.0. The summed E-state index contributed by atoms with van der Waals surface area (Å²) in [7, 11) is 0. The molecule has 0 spiro atoms. The van der Waals surface area contributed by atoms with Gasteiger partial charge in [0.2, 0.25) is 5.82 Å². The predicted octanol–water partition coefficient (Wildman–Crippen LogP) is 3.29. The van der Waals surface area contributed by atoms with Gasteiger partial charge in [-0.3, -0.25) is 4.98 Å². The Kier molecular flexibility index (Phi) is 5.12. The number of aromatic nitrogens is 3. The Labute approximate surface area is 149 Å². The molecule has 0 unspecified atom stereocenters. The second kappa shape index (κ2) is 7.64. The summed E-state index contributed by atoms with van der Waals surface area (Å²) in [5.74, 6) is 0.681. The third-order valence-corrected chi connectivity index (χ3v) is 3.46. The van der Waals surface area contributed by atoms with Crippen LogP contribution < -0.4 is 9.47 Å². The first kappa shape index (κ1) is 17.4. The number of nitrogens with zero attached hydrogens (tertiary/aromatic N) is 3. The van der Waals surface area contributed by atoms with E-state index < -0.39 is 5.97 Å². The molecule has 0 aliphatic carbocycles. The Morgan fingerprint density at radius 3 is 2.58 bits per heavy atom. The van der Waals surface area contributed by atoms with Gasteiger partial charge >= 0.3 is 5.97 Å². The van der Waals surface area contributed by atoms with Crippen molar-refractivity contribution in [1.82, 2.24) is 15.1 Å².